The number of aryl methyl sites for hydroxylation is 1. The minimum Gasteiger partial charge on any atom is -0.475 e. The largest absolute Gasteiger partial charge is 0.490 e. The molecule has 33 heavy (non-hydrogen) atoms. The van der Waals surface area contributed by atoms with Gasteiger partial charge in [-0.3, -0.25) is 0 Å². The molecule has 0 spiro atoms. The van der Waals surface area contributed by atoms with Crippen LogP contribution in [0.15, 0.2) is 47.0 Å². The third-order valence-electron chi connectivity index (χ3n) is 4.54. The first-order chi connectivity index (χ1) is 15.6. The summed E-state index contributed by atoms with van der Waals surface area (Å²) in [7, 11) is 0. The van der Waals surface area contributed by atoms with E-state index in [1.165, 1.54) is 11.1 Å². The Morgan fingerprint density at radius 3 is 2.52 bits per heavy atom. The number of nitrogens with zero attached hydrogens (tertiary/aromatic N) is 2. The highest BCUT2D eigenvalue weighted by molar-refractivity contribution is 5.93. The monoisotopic (exact) mass is 463 g/mol. The molecule has 4 N–H and O–H groups in total. The number of alkyl halides is 3. The van der Waals surface area contributed by atoms with Gasteiger partial charge in [0, 0.05) is 32.1 Å². The van der Waals surface area contributed by atoms with Crippen molar-refractivity contribution in [2.75, 3.05) is 5.32 Å². The molecule has 9 nitrogen and oxygen atoms in total. The molecule has 0 aliphatic carbocycles. The van der Waals surface area contributed by atoms with E-state index in [1.807, 2.05) is 30.3 Å². The second kappa shape index (κ2) is 10.1. The van der Waals surface area contributed by atoms with E-state index in [1.54, 1.807) is 6.92 Å². The first-order valence-corrected chi connectivity index (χ1v) is 9.69. The Labute approximate surface area is 186 Å². The summed E-state index contributed by atoms with van der Waals surface area (Å²) >= 11 is 0. The smallest absolute Gasteiger partial charge is 0.475 e. The van der Waals surface area contributed by atoms with E-state index in [0.29, 0.717) is 29.5 Å². The zero-order valence-corrected chi connectivity index (χ0v) is 17.4. The van der Waals surface area contributed by atoms with Crippen LogP contribution in [0.25, 0.3) is 11.4 Å². The number of hydrogen-bond donors (Lipinski definition) is 4. The van der Waals surface area contributed by atoms with Crippen LogP contribution >= 0.6 is 0 Å². The van der Waals surface area contributed by atoms with E-state index < -0.39 is 12.1 Å². The van der Waals surface area contributed by atoms with Crippen molar-refractivity contribution in [1.82, 2.24) is 20.8 Å². The van der Waals surface area contributed by atoms with Crippen LogP contribution in [-0.2, 0) is 24.4 Å². The zero-order valence-electron chi connectivity index (χ0n) is 17.4. The highest BCUT2D eigenvalue weighted by Crippen LogP contribution is 2.25. The standard InChI is InChI=1S/C19H19N5O2.C2HF3O2/c1-12-22-18(24-26-12)16-4-2-3-5-17(16)23-19(25)21-9-13-6-7-14-10-20-11-15(14)8-13;3-2(4,5)1(6)7/h2-8,20H,9-11H2,1H3,(H2,21,23,25);(H,6,7). The Morgan fingerprint density at radius 1 is 1.15 bits per heavy atom. The number of rotatable bonds is 4. The van der Waals surface area contributed by atoms with Gasteiger partial charge in [-0.05, 0) is 28.8 Å². The van der Waals surface area contributed by atoms with E-state index >= 15 is 0 Å². The number of nitrogens with one attached hydrogen (secondary N) is 3. The van der Waals surface area contributed by atoms with Gasteiger partial charge in [-0.15, -0.1) is 0 Å². The van der Waals surface area contributed by atoms with Crippen molar-refractivity contribution in [2.24, 2.45) is 0 Å². The minimum absolute atomic E-state index is 0.281. The average molecular weight is 463 g/mol. The number of carbonyl (C=O) groups is 2. The molecule has 1 aliphatic heterocycles. The van der Waals surface area contributed by atoms with Crippen LogP contribution in [0, 0.1) is 6.92 Å². The number of urea groups is 1. The summed E-state index contributed by atoms with van der Waals surface area (Å²) in [6.45, 7) is 3.98. The van der Waals surface area contributed by atoms with Crippen LogP contribution in [0.2, 0.25) is 0 Å². The topological polar surface area (TPSA) is 129 Å². The third kappa shape index (κ3) is 6.53. The Morgan fingerprint density at radius 2 is 1.85 bits per heavy atom. The number of carboxylic acids is 1. The van der Waals surface area contributed by atoms with Gasteiger partial charge in [-0.2, -0.15) is 18.2 Å². The number of hydrogen-bond acceptors (Lipinski definition) is 6. The Kier molecular flexibility index (Phi) is 7.28. The predicted molar refractivity (Wildman–Crippen MR) is 111 cm³/mol. The van der Waals surface area contributed by atoms with E-state index in [4.69, 9.17) is 14.4 Å². The third-order valence-corrected chi connectivity index (χ3v) is 4.54. The fourth-order valence-corrected chi connectivity index (χ4v) is 3.00. The number of anilines is 1. The molecule has 4 rings (SSSR count). The molecule has 0 bridgehead atoms. The van der Waals surface area contributed by atoms with Gasteiger partial charge in [-0.1, -0.05) is 35.5 Å². The molecule has 2 aromatic carbocycles. The Balaban J connectivity index is 0.000000383. The van der Waals surface area contributed by atoms with Crippen LogP contribution in [-0.4, -0.2) is 33.4 Å². The summed E-state index contributed by atoms with van der Waals surface area (Å²) in [4.78, 5) is 25.4. The first-order valence-electron chi connectivity index (χ1n) is 9.69. The number of fused-ring (bicyclic) bond motifs is 1. The van der Waals surface area contributed by atoms with Crippen LogP contribution in [0.5, 0.6) is 0 Å². The maximum atomic E-state index is 12.3. The molecule has 2 heterocycles. The van der Waals surface area contributed by atoms with Crippen LogP contribution in [0.4, 0.5) is 23.7 Å². The molecule has 0 fully saturated rings. The summed E-state index contributed by atoms with van der Waals surface area (Å²) in [5.74, 6) is -1.83. The molecule has 3 aromatic rings. The molecule has 1 aliphatic rings. The summed E-state index contributed by atoms with van der Waals surface area (Å²) in [5.41, 5.74) is 5.03. The van der Waals surface area contributed by atoms with Crippen molar-refractivity contribution >= 4 is 17.7 Å². The average Bonchev–Trinajstić information content (AvgIpc) is 3.41. The Hall–Kier alpha value is -3.93. The van der Waals surface area contributed by atoms with Gasteiger partial charge in [-0.25, -0.2) is 9.59 Å². The SMILES string of the molecule is Cc1nc(-c2ccccc2NC(=O)NCc2ccc3c(c2)CNC3)no1.O=C(O)C(F)(F)F. The first kappa shape index (κ1) is 23.7. The number of aromatic nitrogens is 2. The van der Waals surface area contributed by atoms with Gasteiger partial charge in [0.05, 0.1) is 5.69 Å². The lowest BCUT2D eigenvalue weighted by atomic mass is 10.1. The molecule has 0 atom stereocenters. The van der Waals surface area contributed by atoms with Gasteiger partial charge >= 0.3 is 18.2 Å². The van der Waals surface area contributed by atoms with E-state index in [2.05, 4.69) is 38.2 Å². The van der Waals surface area contributed by atoms with Crippen molar-refractivity contribution in [3.63, 3.8) is 0 Å². The van der Waals surface area contributed by atoms with Crippen LogP contribution in [0.3, 0.4) is 0 Å². The van der Waals surface area contributed by atoms with E-state index in [0.717, 1.165) is 18.7 Å². The van der Waals surface area contributed by atoms with Gasteiger partial charge in [0.2, 0.25) is 11.7 Å². The normalized spacial score (nSPS) is 12.4. The lowest BCUT2D eigenvalue weighted by Crippen LogP contribution is -2.28. The molecule has 0 saturated carbocycles. The second-order valence-corrected chi connectivity index (χ2v) is 7.00. The molecule has 12 heteroatoms. The number of para-hydroxylation sites is 1. The number of halogens is 3. The molecule has 0 unspecified atom stereocenters. The van der Waals surface area contributed by atoms with Crippen molar-refractivity contribution in [2.45, 2.75) is 32.7 Å². The number of benzene rings is 2. The summed E-state index contributed by atoms with van der Waals surface area (Å²) in [6, 6.07) is 13.4. The van der Waals surface area contributed by atoms with Gasteiger partial charge < -0.3 is 25.6 Å². The molecule has 1 aromatic heterocycles. The molecule has 0 saturated heterocycles. The van der Waals surface area contributed by atoms with Gasteiger partial charge in [0.1, 0.15) is 0 Å². The van der Waals surface area contributed by atoms with E-state index in [9.17, 15) is 18.0 Å². The molecule has 0 radical (unpaired) electrons. The maximum absolute atomic E-state index is 12.3. The second-order valence-electron chi connectivity index (χ2n) is 7.00. The number of carboxylic acid groups (broad SMARTS) is 1. The fraction of sp³-hybridized carbons (Fsp3) is 0.238. The van der Waals surface area contributed by atoms with Crippen LogP contribution in [0.1, 0.15) is 22.6 Å². The summed E-state index contributed by atoms with van der Waals surface area (Å²) < 4.78 is 36.8. The van der Waals surface area contributed by atoms with Gasteiger partial charge in [0.15, 0.2) is 0 Å². The maximum Gasteiger partial charge on any atom is 0.490 e. The molecular weight excluding hydrogens is 443 g/mol. The highest BCUT2D eigenvalue weighted by atomic mass is 19.4. The quantitative estimate of drug-likeness (QED) is 0.465. The molecular formula is C21H20F3N5O4. The number of amides is 2. The zero-order chi connectivity index (χ0) is 24.0. The lowest BCUT2D eigenvalue weighted by Gasteiger charge is -2.11. The number of carbonyl (C=O) groups excluding carboxylic acids is 1. The fourth-order valence-electron chi connectivity index (χ4n) is 3.00. The summed E-state index contributed by atoms with van der Waals surface area (Å²) in [6.07, 6.45) is -5.08. The van der Waals surface area contributed by atoms with E-state index in [-0.39, 0.29) is 6.03 Å². The predicted octanol–water partition coefficient (Wildman–Crippen LogP) is 3.60. The van der Waals surface area contributed by atoms with Gasteiger partial charge in [0.25, 0.3) is 0 Å². The number of aliphatic carboxylic acids is 1. The molecule has 2 amide bonds. The van der Waals surface area contributed by atoms with Crippen molar-refractivity contribution in [1.29, 1.82) is 0 Å². The van der Waals surface area contributed by atoms with Crippen molar-refractivity contribution < 1.29 is 32.4 Å². The molecule has 174 valence electrons. The van der Waals surface area contributed by atoms with Crippen molar-refractivity contribution in [3.8, 4) is 11.4 Å². The van der Waals surface area contributed by atoms with Crippen LogP contribution < -0.4 is 16.0 Å². The summed E-state index contributed by atoms with van der Waals surface area (Å²) in [5, 5.41) is 20.1. The van der Waals surface area contributed by atoms with Crippen molar-refractivity contribution in [3.05, 3.63) is 65.0 Å². The lowest BCUT2D eigenvalue weighted by molar-refractivity contribution is -0.192. The minimum atomic E-state index is -5.08. The Bertz CT molecular complexity index is 1150. The highest BCUT2D eigenvalue weighted by Gasteiger charge is 2.38.